The normalized spacial score (nSPS) is 23.9. The van der Waals surface area contributed by atoms with Crippen molar-refractivity contribution in [3.8, 4) is 11.5 Å². The average Bonchev–Trinajstić information content (AvgIpc) is 3.60. The smallest absolute Gasteiger partial charge is 0.254 e. The number of carbonyl (C=O) groups excluding carboxylic acids is 2. The lowest BCUT2D eigenvalue weighted by Gasteiger charge is -2.17. The van der Waals surface area contributed by atoms with Gasteiger partial charge < -0.3 is 9.47 Å². The summed E-state index contributed by atoms with van der Waals surface area (Å²) in [5.74, 6) is 0.573. The lowest BCUT2D eigenvalue weighted by Crippen LogP contribution is -2.28. The molecule has 2 fully saturated rings. The van der Waals surface area contributed by atoms with E-state index in [9.17, 15) is 9.59 Å². The molecular formula is C31H28N2O4. The number of amides is 2. The molecule has 0 aromatic heterocycles. The molecule has 186 valence electrons. The van der Waals surface area contributed by atoms with Gasteiger partial charge in [-0.2, -0.15) is 10.1 Å². The summed E-state index contributed by atoms with van der Waals surface area (Å²) in [4.78, 5) is 25.9. The number of allylic oxidation sites excluding steroid dienone is 3. The van der Waals surface area contributed by atoms with Gasteiger partial charge in [-0.3, -0.25) is 9.59 Å². The second-order valence-electron chi connectivity index (χ2n) is 9.86. The average molecular weight is 493 g/mol. The van der Waals surface area contributed by atoms with Gasteiger partial charge >= 0.3 is 0 Å². The van der Waals surface area contributed by atoms with Crippen molar-refractivity contribution < 1.29 is 19.1 Å². The highest BCUT2D eigenvalue weighted by molar-refractivity contribution is 6.06. The first kappa shape index (κ1) is 23.2. The first-order chi connectivity index (χ1) is 18.1. The number of ether oxygens (including phenoxy) is 2. The van der Waals surface area contributed by atoms with E-state index >= 15 is 0 Å². The number of imide groups is 1. The Kier molecular flexibility index (Phi) is 5.87. The van der Waals surface area contributed by atoms with Crippen LogP contribution in [-0.2, 0) is 22.6 Å². The van der Waals surface area contributed by atoms with Crippen LogP contribution < -0.4 is 9.47 Å². The van der Waals surface area contributed by atoms with Gasteiger partial charge in [-0.25, -0.2) is 0 Å². The minimum atomic E-state index is -0.268. The number of rotatable bonds is 8. The Morgan fingerprint density at radius 3 is 2.46 bits per heavy atom. The van der Waals surface area contributed by atoms with Gasteiger partial charge in [-0.15, -0.1) is 6.58 Å². The molecule has 6 nitrogen and oxygen atoms in total. The summed E-state index contributed by atoms with van der Waals surface area (Å²) in [6.45, 7) is 4.27. The summed E-state index contributed by atoms with van der Waals surface area (Å²) in [7, 11) is 1.59. The third-order valence-corrected chi connectivity index (χ3v) is 7.76. The lowest BCUT2D eigenvalue weighted by atomic mass is 9.85. The second-order valence-corrected chi connectivity index (χ2v) is 9.86. The number of carbonyl (C=O) groups is 2. The molecule has 1 saturated heterocycles. The van der Waals surface area contributed by atoms with Gasteiger partial charge in [0.15, 0.2) is 11.5 Å². The van der Waals surface area contributed by atoms with Crippen molar-refractivity contribution in [1.29, 1.82) is 0 Å². The first-order valence-electron chi connectivity index (χ1n) is 12.6. The van der Waals surface area contributed by atoms with Gasteiger partial charge in [0, 0.05) is 5.56 Å². The molecule has 1 aliphatic heterocycles. The molecule has 6 rings (SSSR count). The van der Waals surface area contributed by atoms with Crippen LogP contribution in [0, 0.1) is 23.7 Å². The quantitative estimate of drug-likeness (QED) is 0.243. The number of nitrogens with zero attached hydrogens (tertiary/aromatic N) is 2. The summed E-state index contributed by atoms with van der Waals surface area (Å²) < 4.78 is 12.0. The molecule has 4 unspecified atom stereocenters. The van der Waals surface area contributed by atoms with Crippen molar-refractivity contribution in [3.63, 3.8) is 0 Å². The molecule has 6 heteroatoms. The van der Waals surface area contributed by atoms with E-state index in [1.165, 1.54) is 0 Å². The summed E-state index contributed by atoms with van der Waals surface area (Å²) in [5.41, 5.74) is 2.68. The summed E-state index contributed by atoms with van der Waals surface area (Å²) in [6, 6.07) is 18.1. The highest BCUT2D eigenvalue weighted by Crippen LogP contribution is 2.52. The standard InChI is InChI=1S/C31H28N2O4/c1-3-7-23-14-19(17-32-33-30(34)27-21-12-13-22(16-21)28(27)31(33)35)15-26(36-2)29(23)37-18-24-10-6-9-20-8-4-5-11-25(20)24/h3-6,8-15,17,21-22,27-28H,1,7,16,18H2,2H3. The zero-order chi connectivity index (χ0) is 25.5. The van der Waals surface area contributed by atoms with Gasteiger partial charge in [0.05, 0.1) is 25.2 Å². The molecule has 2 bridgehead atoms. The maximum atomic E-state index is 13.0. The lowest BCUT2D eigenvalue weighted by molar-refractivity contribution is -0.140. The number of hydrogen-bond donors (Lipinski definition) is 0. The monoisotopic (exact) mass is 492 g/mol. The van der Waals surface area contributed by atoms with E-state index in [-0.39, 0.29) is 35.5 Å². The van der Waals surface area contributed by atoms with E-state index in [2.05, 4.69) is 48.1 Å². The van der Waals surface area contributed by atoms with Crippen molar-refractivity contribution in [3.05, 3.63) is 96.1 Å². The third-order valence-electron chi connectivity index (χ3n) is 7.76. The van der Waals surface area contributed by atoms with Gasteiger partial charge in [-0.1, -0.05) is 60.7 Å². The molecule has 4 atom stereocenters. The molecule has 1 saturated carbocycles. The van der Waals surface area contributed by atoms with Gasteiger partial charge in [0.25, 0.3) is 11.8 Å². The fourth-order valence-corrected chi connectivity index (χ4v) is 6.07. The topological polar surface area (TPSA) is 68.2 Å². The highest BCUT2D eigenvalue weighted by atomic mass is 16.5. The molecule has 3 aromatic carbocycles. The van der Waals surface area contributed by atoms with Gasteiger partial charge in [0.2, 0.25) is 0 Å². The molecule has 2 amide bonds. The van der Waals surface area contributed by atoms with Crippen molar-refractivity contribution in [1.82, 2.24) is 5.01 Å². The van der Waals surface area contributed by atoms with Crippen LogP contribution in [0.4, 0.5) is 0 Å². The predicted molar refractivity (Wildman–Crippen MR) is 142 cm³/mol. The molecule has 3 aromatic rings. The van der Waals surface area contributed by atoms with Crippen LogP contribution in [0.5, 0.6) is 11.5 Å². The maximum Gasteiger partial charge on any atom is 0.254 e. The van der Waals surface area contributed by atoms with E-state index in [1.54, 1.807) is 19.4 Å². The molecular weight excluding hydrogens is 464 g/mol. The zero-order valence-corrected chi connectivity index (χ0v) is 20.7. The van der Waals surface area contributed by atoms with Gasteiger partial charge in [0.1, 0.15) is 6.61 Å². The number of methoxy groups -OCH3 is 1. The summed E-state index contributed by atoms with van der Waals surface area (Å²) in [6.07, 6.45) is 8.96. The van der Waals surface area contributed by atoms with Crippen LogP contribution in [0.15, 0.2) is 84.5 Å². The van der Waals surface area contributed by atoms with Crippen LogP contribution in [0.1, 0.15) is 23.1 Å². The Hall–Kier alpha value is -4.19. The predicted octanol–water partition coefficient (Wildman–Crippen LogP) is 5.30. The molecule has 3 aliphatic rings. The second kappa shape index (κ2) is 9.36. The minimum absolute atomic E-state index is 0.157. The first-order valence-corrected chi connectivity index (χ1v) is 12.6. The summed E-state index contributed by atoms with van der Waals surface area (Å²) in [5, 5.41) is 7.69. The Bertz CT molecular complexity index is 1440. The van der Waals surface area contributed by atoms with Crippen molar-refractivity contribution in [2.24, 2.45) is 28.8 Å². The number of hydrogen-bond acceptors (Lipinski definition) is 5. The Labute approximate surface area is 215 Å². The molecule has 0 radical (unpaired) electrons. The summed E-state index contributed by atoms with van der Waals surface area (Å²) >= 11 is 0. The van der Waals surface area contributed by atoms with Gasteiger partial charge in [-0.05, 0) is 58.7 Å². The Morgan fingerprint density at radius 1 is 1.00 bits per heavy atom. The molecule has 37 heavy (non-hydrogen) atoms. The molecule has 2 aliphatic carbocycles. The maximum absolute atomic E-state index is 13.0. The van der Waals surface area contributed by atoms with E-state index in [0.717, 1.165) is 33.3 Å². The fourth-order valence-electron chi connectivity index (χ4n) is 6.07. The molecule has 0 N–H and O–H groups in total. The number of hydrazone groups is 1. The van der Waals surface area contributed by atoms with Crippen LogP contribution in [0.25, 0.3) is 10.8 Å². The minimum Gasteiger partial charge on any atom is -0.493 e. The van der Waals surface area contributed by atoms with Crippen LogP contribution >= 0.6 is 0 Å². The van der Waals surface area contributed by atoms with E-state index in [0.29, 0.717) is 30.1 Å². The van der Waals surface area contributed by atoms with Crippen LogP contribution in [0.3, 0.4) is 0 Å². The molecule has 1 heterocycles. The van der Waals surface area contributed by atoms with Crippen molar-refractivity contribution >= 4 is 28.8 Å². The van der Waals surface area contributed by atoms with E-state index in [1.807, 2.05) is 30.3 Å². The van der Waals surface area contributed by atoms with E-state index < -0.39 is 0 Å². The Balaban J connectivity index is 1.26. The van der Waals surface area contributed by atoms with Crippen LogP contribution in [-0.4, -0.2) is 30.1 Å². The van der Waals surface area contributed by atoms with Crippen LogP contribution in [0.2, 0.25) is 0 Å². The largest absolute Gasteiger partial charge is 0.493 e. The number of fused-ring (bicyclic) bond motifs is 6. The Morgan fingerprint density at radius 2 is 1.73 bits per heavy atom. The third kappa shape index (κ3) is 3.93. The van der Waals surface area contributed by atoms with Crippen molar-refractivity contribution in [2.45, 2.75) is 19.4 Å². The van der Waals surface area contributed by atoms with E-state index in [4.69, 9.17) is 9.47 Å². The SMILES string of the molecule is C=CCc1cc(C=NN2C(=O)C3C4C=CC(C4)C3C2=O)cc(OC)c1OCc1cccc2ccccc12. The zero-order valence-electron chi connectivity index (χ0n) is 20.7. The number of benzene rings is 3. The molecule has 0 spiro atoms. The fraction of sp³-hybridized carbons (Fsp3) is 0.258. The van der Waals surface area contributed by atoms with Crippen molar-refractivity contribution in [2.75, 3.05) is 7.11 Å². The highest BCUT2D eigenvalue weighted by Gasteiger charge is 2.59.